The van der Waals surface area contributed by atoms with Crippen molar-refractivity contribution in [1.29, 1.82) is 0 Å². The first-order valence-electron chi connectivity index (χ1n) is 6.30. The van der Waals surface area contributed by atoms with Gasteiger partial charge in [-0.05, 0) is 55.3 Å². The van der Waals surface area contributed by atoms with Gasteiger partial charge in [0.05, 0.1) is 0 Å². The molecular weight excluding hydrogens is 274 g/mol. The van der Waals surface area contributed by atoms with Gasteiger partial charge >= 0.3 is 0 Å². The van der Waals surface area contributed by atoms with E-state index in [1.807, 2.05) is 32.0 Å². The highest BCUT2D eigenvalue weighted by Gasteiger charge is 2.04. The van der Waals surface area contributed by atoms with Gasteiger partial charge in [0.1, 0.15) is 5.75 Å². The molecule has 4 heteroatoms. The van der Waals surface area contributed by atoms with Crippen molar-refractivity contribution >= 4 is 23.2 Å². The summed E-state index contributed by atoms with van der Waals surface area (Å²) in [4.78, 5) is 11.8. The molecule has 0 saturated carbocycles. The van der Waals surface area contributed by atoms with Gasteiger partial charge in [-0.1, -0.05) is 23.7 Å². The third kappa shape index (κ3) is 4.00. The summed E-state index contributed by atoms with van der Waals surface area (Å²) >= 11 is 5.85. The van der Waals surface area contributed by atoms with Crippen LogP contribution >= 0.6 is 11.6 Å². The van der Waals surface area contributed by atoms with Crippen molar-refractivity contribution in [2.45, 2.75) is 13.8 Å². The standard InChI is InChI=1S/C16H16ClNO2/c1-11-6-7-15(8-12(11)2)20-10-16(19)18-14-5-3-4-13(17)9-14/h3-9H,10H2,1-2H3,(H,18,19). The van der Waals surface area contributed by atoms with Crippen LogP contribution in [-0.2, 0) is 4.79 Å². The first kappa shape index (κ1) is 14.4. The highest BCUT2D eigenvalue weighted by Crippen LogP contribution is 2.17. The predicted octanol–water partition coefficient (Wildman–Crippen LogP) is 3.97. The molecule has 0 aliphatic heterocycles. The molecule has 1 N–H and O–H groups in total. The molecule has 0 atom stereocenters. The molecule has 0 fully saturated rings. The molecule has 0 bridgehead atoms. The molecule has 0 radical (unpaired) electrons. The Hall–Kier alpha value is -2.00. The maximum Gasteiger partial charge on any atom is 0.262 e. The van der Waals surface area contributed by atoms with Crippen LogP contribution in [0.1, 0.15) is 11.1 Å². The normalized spacial score (nSPS) is 10.2. The summed E-state index contributed by atoms with van der Waals surface area (Å²) in [5, 5.41) is 3.31. The number of halogens is 1. The van der Waals surface area contributed by atoms with E-state index in [1.54, 1.807) is 24.3 Å². The van der Waals surface area contributed by atoms with E-state index in [0.717, 1.165) is 5.56 Å². The van der Waals surface area contributed by atoms with E-state index in [1.165, 1.54) is 5.56 Å². The number of ether oxygens (including phenoxy) is 1. The minimum Gasteiger partial charge on any atom is -0.484 e. The van der Waals surface area contributed by atoms with E-state index in [2.05, 4.69) is 5.32 Å². The SMILES string of the molecule is Cc1ccc(OCC(=O)Nc2cccc(Cl)c2)cc1C. The fourth-order valence-corrected chi connectivity index (χ4v) is 1.91. The largest absolute Gasteiger partial charge is 0.484 e. The lowest BCUT2D eigenvalue weighted by Gasteiger charge is -2.09. The molecule has 3 nitrogen and oxygen atoms in total. The van der Waals surface area contributed by atoms with E-state index in [9.17, 15) is 4.79 Å². The van der Waals surface area contributed by atoms with Crippen LogP contribution in [0.15, 0.2) is 42.5 Å². The minimum atomic E-state index is -0.217. The zero-order valence-corrected chi connectivity index (χ0v) is 12.2. The summed E-state index contributed by atoms with van der Waals surface area (Å²) in [6.07, 6.45) is 0. The second-order valence-electron chi connectivity index (χ2n) is 4.59. The third-order valence-electron chi connectivity index (χ3n) is 2.96. The number of anilines is 1. The number of hydrogen-bond donors (Lipinski definition) is 1. The van der Waals surface area contributed by atoms with Crippen molar-refractivity contribution in [3.05, 3.63) is 58.6 Å². The van der Waals surface area contributed by atoms with Gasteiger partial charge in [-0.2, -0.15) is 0 Å². The molecule has 2 aromatic rings. The Balaban J connectivity index is 1.90. The zero-order chi connectivity index (χ0) is 14.5. The Bertz CT molecular complexity index is 626. The second-order valence-corrected chi connectivity index (χ2v) is 5.03. The number of aryl methyl sites for hydroxylation is 2. The maximum atomic E-state index is 11.8. The van der Waals surface area contributed by atoms with Gasteiger partial charge in [0.2, 0.25) is 0 Å². The Morgan fingerprint density at radius 1 is 1.15 bits per heavy atom. The predicted molar refractivity (Wildman–Crippen MR) is 81.5 cm³/mol. The molecule has 0 aromatic heterocycles. The second kappa shape index (κ2) is 6.44. The molecular formula is C16H16ClNO2. The molecule has 104 valence electrons. The minimum absolute atomic E-state index is 0.0327. The highest BCUT2D eigenvalue weighted by atomic mass is 35.5. The molecule has 0 unspecified atom stereocenters. The van der Waals surface area contributed by atoms with E-state index in [-0.39, 0.29) is 12.5 Å². The number of carbonyl (C=O) groups is 1. The average Bonchev–Trinajstić information content (AvgIpc) is 2.40. The van der Waals surface area contributed by atoms with E-state index < -0.39 is 0 Å². The van der Waals surface area contributed by atoms with E-state index in [0.29, 0.717) is 16.5 Å². The molecule has 0 aliphatic rings. The van der Waals surface area contributed by atoms with Crippen LogP contribution < -0.4 is 10.1 Å². The Morgan fingerprint density at radius 3 is 2.65 bits per heavy atom. The van der Waals surface area contributed by atoms with Crippen molar-refractivity contribution < 1.29 is 9.53 Å². The lowest BCUT2D eigenvalue weighted by molar-refractivity contribution is -0.118. The lowest BCUT2D eigenvalue weighted by Crippen LogP contribution is -2.20. The van der Waals surface area contributed by atoms with Gasteiger partial charge in [0.15, 0.2) is 6.61 Å². The van der Waals surface area contributed by atoms with Crippen molar-refractivity contribution in [1.82, 2.24) is 0 Å². The van der Waals surface area contributed by atoms with Gasteiger partial charge < -0.3 is 10.1 Å². The van der Waals surface area contributed by atoms with Crippen molar-refractivity contribution in [3.63, 3.8) is 0 Å². The van der Waals surface area contributed by atoms with Crippen LogP contribution in [0.25, 0.3) is 0 Å². The van der Waals surface area contributed by atoms with Gasteiger partial charge in [0, 0.05) is 10.7 Å². The number of carbonyl (C=O) groups excluding carboxylic acids is 1. The number of benzene rings is 2. The summed E-state index contributed by atoms with van der Waals surface area (Å²) < 4.78 is 5.46. The quantitative estimate of drug-likeness (QED) is 0.925. The number of amides is 1. The summed E-state index contributed by atoms with van der Waals surface area (Å²) in [6, 6.07) is 12.7. The topological polar surface area (TPSA) is 38.3 Å². The summed E-state index contributed by atoms with van der Waals surface area (Å²) in [5.41, 5.74) is 2.99. The molecule has 2 rings (SSSR count). The third-order valence-corrected chi connectivity index (χ3v) is 3.19. The van der Waals surface area contributed by atoms with E-state index in [4.69, 9.17) is 16.3 Å². The Kier molecular flexibility index (Phi) is 4.64. The highest BCUT2D eigenvalue weighted by molar-refractivity contribution is 6.30. The Morgan fingerprint density at radius 2 is 1.95 bits per heavy atom. The van der Waals surface area contributed by atoms with Crippen LogP contribution in [0.2, 0.25) is 5.02 Å². The van der Waals surface area contributed by atoms with Crippen LogP contribution in [0.5, 0.6) is 5.75 Å². The number of nitrogens with one attached hydrogen (secondary N) is 1. The molecule has 0 aliphatic carbocycles. The van der Waals surface area contributed by atoms with Crippen molar-refractivity contribution in [3.8, 4) is 5.75 Å². The van der Waals surface area contributed by atoms with Gasteiger partial charge in [-0.3, -0.25) is 4.79 Å². The molecule has 0 heterocycles. The smallest absolute Gasteiger partial charge is 0.262 e. The van der Waals surface area contributed by atoms with Crippen molar-refractivity contribution in [2.75, 3.05) is 11.9 Å². The average molecular weight is 290 g/mol. The fraction of sp³-hybridized carbons (Fsp3) is 0.188. The van der Waals surface area contributed by atoms with Crippen LogP contribution in [0.4, 0.5) is 5.69 Å². The summed E-state index contributed by atoms with van der Waals surface area (Å²) in [5.74, 6) is 0.472. The first-order valence-corrected chi connectivity index (χ1v) is 6.68. The first-order chi connectivity index (χ1) is 9.54. The zero-order valence-electron chi connectivity index (χ0n) is 11.4. The van der Waals surface area contributed by atoms with E-state index >= 15 is 0 Å². The monoisotopic (exact) mass is 289 g/mol. The number of rotatable bonds is 4. The fourth-order valence-electron chi connectivity index (χ4n) is 1.72. The molecule has 0 spiro atoms. The molecule has 0 saturated heterocycles. The molecule has 1 amide bonds. The molecule has 20 heavy (non-hydrogen) atoms. The molecule has 2 aromatic carbocycles. The van der Waals surface area contributed by atoms with Gasteiger partial charge in [0.25, 0.3) is 5.91 Å². The van der Waals surface area contributed by atoms with Crippen molar-refractivity contribution in [2.24, 2.45) is 0 Å². The van der Waals surface area contributed by atoms with Crippen LogP contribution in [0, 0.1) is 13.8 Å². The van der Waals surface area contributed by atoms with Gasteiger partial charge in [-0.25, -0.2) is 0 Å². The summed E-state index contributed by atoms with van der Waals surface area (Å²) in [7, 11) is 0. The lowest BCUT2D eigenvalue weighted by atomic mass is 10.1. The summed E-state index contributed by atoms with van der Waals surface area (Å²) in [6.45, 7) is 4.01. The van der Waals surface area contributed by atoms with Gasteiger partial charge in [-0.15, -0.1) is 0 Å². The van der Waals surface area contributed by atoms with Crippen LogP contribution in [0.3, 0.4) is 0 Å². The van der Waals surface area contributed by atoms with Crippen LogP contribution in [-0.4, -0.2) is 12.5 Å². The Labute approximate surface area is 123 Å². The maximum absolute atomic E-state index is 11.8. The number of hydrogen-bond acceptors (Lipinski definition) is 2.